The van der Waals surface area contributed by atoms with E-state index in [4.69, 9.17) is 21.4 Å². The first-order chi connectivity index (χ1) is 7.13. The number of methoxy groups -OCH3 is 1. The molecule has 0 atom stereocenters. The van der Waals surface area contributed by atoms with Crippen LogP contribution in [-0.4, -0.2) is 23.9 Å². The molecule has 0 fully saturated rings. The van der Waals surface area contributed by atoms with E-state index in [1.165, 1.54) is 11.8 Å². The lowest BCUT2D eigenvalue weighted by atomic mass is 10.2. The highest BCUT2D eigenvalue weighted by Gasteiger charge is 2.05. The molecule has 0 amide bonds. The standard InChI is InChI=1S/C10H11ClO3S/c1-14-9-3-2-8(11)4-7(9)5-15-6-10(12)13/h2-4H,5-6H2,1H3,(H,12,13). The van der Waals surface area contributed by atoms with Gasteiger partial charge in [-0.15, -0.1) is 11.8 Å². The van der Waals surface area contributed by atoms with Gasteiger partial charge in [0, 0.05) is 16.3 Å². The number of aliphatic carboxylic acids is 1. The number of ether oxygens (including phenoxy) is 1. The summed E-state index contributed by atoms with van der Waals surface area (Å²) < 4.78 is 5.14. The van der Waals surface area contributed by atoms with Gasteiger partial charge in [-0.05, 0) is 18.2 Å². The molecule has 0 unspecified atom stereocenters. The number of hydrogen-bond acceptors (Lipinski definition) is 3. The summed E-state index contributed by atoms with van der Waals surface area (Å²) in [5.74, 6) is 0.574. The highest BCUT2D eigenvalue weighted by atomic mass is 35.5. The number of halogens is 1. The lowest BCUT2D eigenvalue weighted by molar-refractivity contribution is -0.133. The van der Waals surface area contributed by atoms with Crippen molar-refractivity contribution in [1.29, 1.82) is 0 Å². The van der Waals surface area contributed by atoms with Gasteiger partial charge in [0.1, 0.15) is 5.75 Å². The van der Waals surface area contributed by atoms with Gasteiger partial charge in [0.15, 0.2) is 0 Å². The zero-order valence-corrected chi connectivity index (χ0v) is 9.77. The molecule has 0 aliphatic carbocycles. The molecule has 1 aromatic carbocycles. The second kappa shape index (κ2) is 5.88. The van der Waals surface area contributed by atoms with Crippen LogP contribution in [-0.2, 0) is 10.5 Å². The van der Waals surface area contributed by atoms with Crippen molar-refractivity contribution in [2.24, 2.45) is 0 Å². The Labute approximate surface area is 97.4 Å². The van der Waals surface area contributed by atoms with Crippen LogP contribution in [0, 0.1) is 0 Å². The Balaban J connectivity index is 2.65. The van der Waals surface area contributed by atoms with Gasteiger partial charge in [0.2, 0.25) is 0 Å². The topological polar surface area (TPSA) is 46.5 Å². The summed E-state index contributed by atoms with van der Waals surface area (Å²) in [5.41, 5.74) is 0.913. The Bertz CT molecular complexity index is 355. The van der Waals surface area contributed by atoms with Crippen LogP contribution in [0.15, 0.2) is 18.2 Å². The zero-order chi connectivity index (χ0) is 11.3. The third kappa shape index (κ3) is 4.01. The lowest BCUT2D eigenvalue weighted by Gasteiger charge is -2.07. The predicted molar refractivity (Wildman–Crippen MR) is 61.8 cm³/mol. The molecule has 82 valence electrons. The first-order valence-electron chi connectivity index (χ1n) is 4.25. The summed E-state index contributed by atoms with van der Waals surface area (Å²) in [7, 11) is 1.58. The molecule has 0 aliphatic rings. The second-order valence-corrected chi connectivity index (χ2v) is 4.26. The Kier molecular flexibility index (Phi) is 4.78. The highest BCUT2D eigenvalue weighted by Crippen LogP contribution is 2.26. The Hall–Kier alpha value is -0.870. The molecule has 0 saturated heterocycles. The first-order valence-corrected chi connectivity index (χ1v) is 5.78. The molecule has 1 N–H and O–H groups in total. The fourth-order valence-corrected chi connectivity index (χ4v) is 2.03. The Morgan fingerprint density at radius 2 is 2.33 bits per heavy atom. The van der Waals surface area contributed by atoms with E-state index in [1.54, 1.807) is 25.3 Å². The van der Waals surface area contributed by atoms with Crippen LogP contribution in [0.3, 0.4) is 0 Å². The minimum Gasteiger partial charge on any atom is -0.496 e. The minimum absolute atomic E-state index is 0.0790. The van der Waals surface area contributed by atoms with E-state index in [0.717, 1.165) is 11.3 Å². The third-order valence-electron chi connectivity index (χ3n) is 1.73. The molecule has 1 rings (SSSR count). The van der Waals surface area contributed by atoms with Crippen molar-refractivity contribution in [3.63, 3.8) is 0 Å². The van der Waals surface area contributed by atoms with Crippen molar-refractivity contribution < 1.29 is 14.6 Å². The normalized spacial score (nSPS) is 10.0. The van der Waals surface area contributed by atoms with Crippen LogP contribution >= 0.6 is 23.4 Å². The number of rotatable bonds is 5. The molecule has 0 spiro atoms. The van der Waals surface area contributed by atoms with E-state index in [-0.39, 0.29) is 5.75 Å². The van der Waals surface area contributed by atoms with Crippen molar-refractivity contribution >= 4 is 29.3 Å². The molecule has 15 heavy (non-hydrogen) atoms. The minimum atomic E-state index is -0.819. The number of carboxylic acids is 1. The van der Waals surface area contributed by atoms with Gasteiger partial charge >= 0.3 is 5.97 Å². The molecule has 0 aliphatic heterocycles. The fraction of sp³-hybridized carbons (Fsp3) is 0.300. The van der Waals surface area contributed by atoms with Crippen LogP contribution < -0.4 is 4.74 Å². The van der Waals surface area contributed by atoms with Crippen molar-refractivity contribution in [1.82, 2.24) is 0 Å². The smallest absolute Gasteiger partial charge is 0.313 e. The van der Waals surface area contributed by atoms with Crippen LogP contribution in [0.5, 0.6) is 5.75 Å². The SMILES string of the molecule is COc1ccc(Cl)cc1CSCC(=O)O. The zero-order valence-electron chi connectivity index (χ0n) is 8.20. The fourth-order valence-electron chi connectivity index (χ4n) is 1.11. The van der Waals surface area contributed by atoms with E-state index in [1.807, 2.05) is 0 Å². The molecule has 5 heteroatoms. The molecule has 0 heterocycles. The number of benzene rings is 1. The number of hydrogen-bond donors (Lipinski definition) is 1. The van der Waals surface area contributed by atoms with E-state index >= 15 is 0 Å². The molecule has 0 bridgehead atoms. The summed E-state index contributed by atoms with van der Waals surface area (Å²) in [4.78, 5) is 10.3. The highest BCUT2D eigenvalue weighted by molar-refractivity contribution is 7.99. The van der Waals surface area contributed by atoms with Crippen LogP contribution in [0.4, 0.5) is 0 Å². The maximum absolute atomic E-state index is 10.3. The molecular formula is C10H11ClO3S. The van der Waals surface area contributed by atoms with Gasteiger partial charge < -0.3 is 9.84 Å². The molecule has 0 saturated carbocycles. The average molecular weight is 247 g/mol. The van der Waals surface area contributed by atoms with Crippen molar-refractivity contribution in [3.8, 4) is 5.75 Å². The summed E-state index contributed by atoms with van der Waals surface area (Å²) in [6.07, 6.45) is 0. The van der Waals surface area contributed by atoms with Crippen molar-refractivity contribution in [3.05, 3.63) is 28.8 Å². The van der Waals surface area contributed by atoms with Gasteiger partial charge in [-0.25, -0.2) is 0 Å². The van der Waals surface area contributed by atoms with E-state index < -0.39 is 5.97 Å². The van der Waals surface area contributed by atoms with Gasteiger partial charge in [-0.2, -0.15) is 0 Å². The summed E-state index contributed by atoms with van der Waals surface area (Å²) in [6.45, 7) is 0. The van der Waals surface area contributed by atoms with E-state index in [9.17, 15) is 4.79 Å². The molecule has 0 radical (unpaired) electrons. The van der Waals surface area contributed by atoms with E-state index in [0.29, 0.717) is 10.8 Å². The monoisotopic (exact) mass is 246 g/mol. The average Bonchev–Trinajstić information content (AvgIpc) is 2.17. The number of carbonyl (C=O) groups is 1. The summed E-state index contributed by atoms with van der Waals surface area (Å²) >= 11 is 7.15. The van der Waals surface area contributed by atoms with Gasteiger partial charge in [-0.1, -0.05) is 11.6 Å². The van der Waals surface area contributed by atoms with Crippen LogP contribution in [0.25, 0.3) is 0 Å². The quantitative estimate of drug-likeness (QED) is 0.868. The van der Waals surface area contributed by atoms with Gasteiger partial charge in [0.25, 0.3) is 0 Å². The largest absolute Gasteiger partial charge is 0.496 e. The number of carboxylic acid groups (broad SMARTS) is 1. The number of thioether (sulfide) groups is 1. The van der Waals surface area contributed by atoms with Crippen LogP contribution in [0.1, 0.15) is 5.56 Å². The van der Waals surface area contributed by atoms with E-state index in [2.05, 4.69) is 0 Å². The Morgan fingerprint density at radius 3 is 2.93 bits per heavy atom. The summed E-state index contributed by atoms with van der Waals surface area (Å²) in [6, 6.07) is 5.31. The Morgan fingerprint density at radius 1 is 1.60 bits per heavy atom. The van der Waals surface area contributed by atoms with Gasteiger partial charge in [0.05, 0.1) is 12.9 Å². The lowest BCUT2D eigenvalue weighted by Crippen LogP contribution is -1.99. The molecule has 0 aromatic heterocycles. The third-order valence-corrected chi connectivity index (χ3v) is 2.93. The first kappa shape index (κ1) is 12.2. The molecule has 3 nitrogen and oxygen atoms in total. The maximum Gasteiger partial charge on any atom is 0.313 e. The predicted octanol–water partition coefficient (Wildman–Crippen LogP) is 2.67. The van der Waals surface area contributed by atoms with Gasteiger partial charge in [-0.3, -0.25) is 4.79 Å². The van der Waals surface area contributed by atoms with Crippen molar-refractivity contribution in [2.45, 2.75) is 5.75 Å². The molecule has 1 aromatic rings. The summed E-state index contributed by atoms with van der Waals surface area (Å²) in [5, 5.41) is 9.12. The maximum atomic E-state index is 10.3. The van der Waals surface area contributed by atoms with Crippen LogP contribution in [0.2, 0.25) is 5.02 Å². The second-order valence-electron chi connectivity index (χ2n) is 2.84. The van der Waals surface area contributed by atoms with Crippen molar-refractivity contribution in [2.75, 3.05) is 12.9 Å². The molecular weight excluding hydrogens is 236 g/mol.